The van der Waals surface area contributed by atoms with Gasteiger partial charge in [0, 0.05) is 12.0 Å². The Bertz CT molecular complexity index is 599. The van der Waals surface area contributed by atoms with Crippen LogP contribution >= 0.6 is 0 Å². The SMILES string of the molecule is CC(C)(C)OC(=O)C1(C(F)(F)F)Cc2ccccc2C1=O. The summed E-state index contributed by atoms with van der Waals surface area (Å²) in [4.78, 5) is 24.4. The quantitative estimate of drug-likeness (QED) is 0.590. The van der Waals surface area contributed by atoms with Gasteiger partial charge in [-0.2, -0.15) is 13.2 Å². The van der Waals surface area contributed by atoms with Gasteiger partial charge in [0.15, 0.2) is 5.78 Å². The number of carbonyl (C=O) groups excluding carboxylic acids is 2. The van der Waals surface area contributed by atoms with Gasteiger partial charge in [-0.3, -0.25) is 9.59 Å². The second-order valence-electron chi connectivity index (χ2n) is 6.07. The average Bonchev–Trinajstić information content (AvgIpc) is 2.62. The summed E-state index contributed by atoms with van der Waals surface area (Å²) in [7, 11) is 0. The van der Waals surface area contributed by atoms with Crippen LogP contribution in [-0.4, -0.2) is 23.5 Å². The topological polar surface area (TPSA) is 43.4 Å². The summed E-state index contributed by atoms with van der Waals surface area (Å²) in [5.74, 6) is -2.77. The zero-order valence-electron chi connectivity index (χ0n) is 11.9. The van der Waals surface area contributed by atoms with Gasteiger partial charge in [0.2, 0.25) is 5.41 Å². The van der Waals surface area contributed by atoms with Crippen LogP contribution in [0, 0.1) is 5.41 Å². The number of ether oxygens (including phenoxy) is 1. The zero-order valence-corrected chi connectivity index (χ0v) is 11.9. The van der Waals surface area contributed by atoms with E-state index in [1.54, 1.807) is 0 Å². The molecule has 2 rings (SSSR count). The highest BCUT2D eigenvalue weighted by molar-refractivity contribution is 6.16. The van der Waals surface area contributed by atoms with E-state index in [2.05, 4.69) is 0 Å². The first-order chi connectivity index (χ1) is 9.49. The van der Waals surface area contributed by atoms with Crippen LogP contribution in [-0.2, 0) is 16.0 Å². The molecule has 6 heteroatoms. The third-order valence-corrected chi connectivity index (χ3v) is 3.34. The Labute approximate surface area is 120 Å². The summed E-state index contributed by atoms with van der Waals surface area (Å²) in [5.41, 5.74) is -4.10. The van der Waals surface area contributed by atoms with Crippen LogP contribution in [0.1, 0.15) is 36.7 Å². The summed E-state index contributed by atoms with van der Waals surface area (Å²) in [6.07, 6.45) is -5.72. The van der Waals surface area contributed by atoms with E-state index in [-0.39, 0.29) is 11.1 Å². The van der Waals surface area contributed by atoms with E-state index < -0.39 is 35.4 Å². The van der Waals surface area contributed by atoms with E-state index >= 15 is 0 Å². The third kappa shape index (κ3) is 2.43. The van der Waals surface area contributed by atoms with Crippen molar-refractivity contribution < 1.29 is 27.5 Å². The van der Waals surface area contributed by atoms with Crippen LogP contribution in [0.4, 0.5) is 13.2 Å². The first kappa shape index (κ1) is 15.5. The zero-order chi connectivity index (χ0) is 16.1. The summed E-state index contributed by atoms with van der Waals surface area (Å²) in [6, 6.07) is 5.73. The van der Waals surface area contributed by atoms with Crippen molar-refractivity contribution in [2.75, 3.05) is 0 Å². The van der Waals surface area contributed by atoms with Gasteiger partial charge in [0.05, 0.1) is 0 Å². The maximum Gasteiger partial charge on any atom is 0.412 e. The highest BCUT2D eigenvalue weighted by Crippen LogP contribution is 2.49. The molecule has 1 aromatic rings. The molecule has 0 bridgehead atoms. The monoisotopic (exact) mass is 300 g/mol. The number of Topliss-reactive ketones (excluding diaryl/α,β-unsaturated/α-hetero) is 1. The maximum absolute atomic E-state index is 13.5. The number of fused-ring (bicyclic) bond motifs is 1. The van der Waals surface area contributed by atoms with Gasteiger partial charge in [0.1, 0.15) is 5.60 Å². The molecule has 0 fully saturated rings. The van der Waals surface area contributed by atoms with Crippen molar-refractivity contribution in [3.63, 3.8) is 0 Å². The summed E-state index contributed by atoms with van der Waals surface area (Å²) < 4.78 is 45.5. The Morgan fingerprint density at radius 2 is 1.76 bits per heavy atom. The molecule has 114 valence electrons. The minimum Gasteiger partial charge on any atom is -0.459 e. The van der Waals surface area contributed by atoms with Gasteiger partial charge >= 0.3 is 12.1 Å². The summed E-state index contributed by atoms with van der Waals surface area (Å²) >= 11 is 0. The van der Waals surface area contributed by atoms with Gasteiger partial charge in [-0.05, 0) is 26.3 Å². The van der Waals surface area contributed by atoms with E-state index in [1.165, 1.54) is 45.0 Å². The highest BCUT2D eigenvalue weighted by atomic mass is 19.4. The van der Waals surface area contributed by atoms with Crippen molar-refractivity contribution in [1.29, 1.82) is 0 Å². The number of benzene rings is 1. The Kier molecular flexibility index (Phi) is 3.39. The van der Waals surface area contributed by atoms with Gasteiger partial charge in [0.25, 0.3) is 0 Å². The predicted molar refractivity (Wildman–Crippen MR) is 68.8 cm³/mol. The molecular weight excluding hydrogens is 285 g/mol. The van der Waals surface area contributed by atoms with Gasteiger partial charge in [-0.25, -0.2) is 0 Å². The number of halogens is 3. The van der Waals surface area contributed by atoms with Crippen LogP contribution in [0.15, 0.2) is 24.3 Å². The van der Waals surface area contributed by atoms with Gasteiger partial charge in [-0.1, -0.05) is 24.3 Å². The smallest absolute Gasteiger partial charge is 0.412 e. The van der Waals surface area contributed by atoms with Gasteiger partial charge in [-0.15, -0.1) is 0 Å². The van der Waals surface area contributed by atoms with Crippen LogP contribution in [0.25, 0.3) is 0 Å². The highest BCUT2D eigenvalue weighted by Gasteiger charge is 2.69. The van der Waals surface area contributed by atoms with E-state index in [0.29, 0.717) is 0 Å². The third-order valence-electron chi connectivity index (χ3n) is 3.34. The normalized spacial score (nSPS) is 22.1. The molecule has 3 nitrogen and oxygen atoms in total. The minimum atomic E-state index is -5.01. The molecule has 1 atom stereocenters. The van der Waals surface area contributed by atoms with Crippen molar-refractivity contribution in [1.82, 2.24) is 0 Å². The van der Waals surface area contributed by atoms with Crippen molar-refractivity contribution in [2.45, 2.75) is 39.0 Å². The molecule has 0 amide bonds. The van der Waals surface area contributed by atoms with E-state index in [4.69, 9.17) is 4.74 Å². The molecule has 0 saturated heterocycles. The molecule has 0 radical (unpaired) electrons. The van der Waals surface area contributed by atoms with Crippen LogP contribution in [0.3, 0.4) is 0 Å². The lowest BCUT2D eigenvalue weighted by atomic mass is 9.82. The number of carbonyl (C=O) groups is 2. The van der Waals surface area contributed by atoms with E-state index in [1.807, 2.05) is 0 Å². The van der Waals surface area contributed by atoms with Crippen LogP contribution in [0.2, 0.25) is 0 Å². The summed E-state index contributed by atoms with van der Waals surface area (Å²) in [5, 5.41) is 0. The molecule has 1 aliphatic carbocycles. The number of esters is 1. The molecule has 1 unspecified atom stereocenters. The first-order valence-electron chi connectivity index (χ1n) is 6.42. The molecule has 21 heavy (non-hydrogen) atoms. The lowest BCUT2D eigenvalue weighted by Gasteiger charge is -2.31. The summed E-state index contributed by atoms with van der Waals surface area (Å²) in [6.45, 7) is 4.38. The van der Waals surface area contributed by atoms with E-state index in [9.17, 15) is 22.8 Å². The number of ketones is 1. The fourth-order valence-corrected chi connectivity index (χ4v) is 2.37. The van der Waals surface area contributed by atoms with Crippen molar-refractivity contribution >= 4 is 11.8 Å². The first-order valence-corrected chi connectivity index (χ1v) is 6.42. The second-order valence-corrected chi connectivity index (χ2v) is 6.07. The Balaban J connectivity index is 2.53. The molecule has 1 aliphatic rings. The molecule has 0 N–H and O–H groups in total. The Morgan fingerprint density at radius 1 is 1.19 bits per heavy atom. The van der Waals surface area contributed by atoms with Crippen LogP contribution < -0.4 is 0 Å². The molecule has 0 spiro atoms. The Hall–Kier alpha value is -1.85. The maximum atomic E-state index is 13.5. The second kappa shape index (κ2) is 4.58. The molecular formula is C15H15F3O3. The number of hydrogen-bond acceptors (Lipinski definition) is 3. The average molecular weight is 300 g/mol. The van der Waals surface area contributed by atoms with E-state index in [0.717, 1.165) is 0 Å². The fraction of sp³-hybridized carbons (Fsp3) is 0.467. The minimum absolute atomic E-state index is 0.0688. The molecule has 1 aromatic carbocycles. The van der Waals surface area contributed by atoms with Gasteiger partial charge < -0.3 is 4.74 Å². The number of alkyl halides is 3. The number of rotatable bonds is 1. The fourth-order valence-electron chi connectivity index (χ4n) is 2.37. The molecule has 0 heterocycles. The largest absolute Gasteiger partial charge is 0.459 e. The molecule has 0 saturated carbocycles. The molecule has 0 aliphatic heterocycles. The number of hydrogen-bond donors (Lipinski definition) is 0. The predicted octanol–water partition coefficient (Wildman–Crippen LogP) is 3.32. The molecule has 0 aromatic heterocycles. The standard InChI is InChI=1S/C15H15F3O3/c1-13(2,3)21-12(20)14(15(16,17)18)8-9-6-4-5-7-10(9)11(14)19/h4-7H,8H2,1-3H3. The lowest BCUT2D eigenvalue weighted by Crippen LogP contribution is -2.52. The van der Waals surface area contributed by atoms with Crippen molar-refractivity contribution in [3.8, 4) is 0 Å². The van der Waals surface area contributed by atoms with Crippen LogP contribution in [0.5, 0.6) is 0 Å². The lowest BCUT2D eigenvalue weighted by molar-refractivity contribution is -0.223. The van der Waals surface area contributed by atoms with Crippen molar-refractivity contribution in [3.05, 3.63) is 35.4 Å². The van der Waals surface area contributed by atoms with Crippen molar-refractivity contribution in [2.24, 2.45) is 5.41 Å². The Morgan fingerprint density at radius 3 is 2.24 bits per heavy atom.